The van der Waals surface area contributed by atoms with Crippen molar-refractivity contribution in [2.45, 2.75) is 32.4 Å². The van der Waals surface area contributed by atoms with Gasteiger partial charge in [0.2, 0.25) is 5.88 Å². The summed E-state index contributed by atoms with van der Waals surface area (Å²) in [6, 6.07) is 0.220. The van der Waals surface area contributed by atoms with Crippen molar-refractivity contribution in [2.75, 3.05) is 7.11 Å². The zero-order valence-corrected chi connectivity index (χ0v) is 10.3. The molecule has 0 amide bonds. The van der Waals surface area contributed by atoms with Gasteiger partial charge in [-0.05, 0) is 13.3 Å². The Morgan fingerprint density at radius 1 is 1.41 bits per heavy atom. The van der Waals surface area contributed by atoms with Gasteiger partial charge in [-0.15, -0.1) is 0 Å². The van der Waals surface area contributed by atoms with Crippen LogP contribution in [0.25, 0.3) is 11.2 Å². The van der Waals surface area contributed by atoms with E-state index in [1.807, 2.05) is 11.5 Å². The topological polar surface area (TPSA) is 78.9 Å². The summed E-state index contributed by atoms with van der Waals surface area (Å²) in [5.41, 5.74) is 7.42. The Morgan fingerprint density at radius 2 is 2.18 bits per heavy atom. The van der Waals surface area contributed by atoms with Crippen LogP contribution < -0.4 is 10.5 Å². The third-order valence-electron chi connectivity index (χ3n) is 2.90. The van der Waals surface area contributed by atoms with Crippen molar-refractivity contribution in [3.8, 4) is 5.88 Å². The monoisotopic (exact) mass is 235 g/mol. The van der Waals surface area contributed by atoms with Crippen molar-refractivity contribution in [3.05, 3.63) is 12.7 Å². The Hall–Kier alpha value is -1.69. The van der Waals surface area contributed by atoms with Crippen LogP contribution in [0.1, 0.15) is 26.3 Å². The van der Waals surface area contributed by atoms with Gasteiger partial charge in [0.25, 0.3) is 0 Å². The van der Waals surface area contributed by atoms with Crippen LogP contribution in [0.3, 0.4) is 0 Å². The number of hydrogen-bond donors (Lipinski definition) is 1. The molecule has 2 heterocycles. The highest BCUT2D eigenvalue weighted by Gasteiger charge is 2.18. The van der Waals surface area contributed by atoms with Crippen LogP contribution in [0, 0.1) is 0 Å². The first-order valence-electron chi connectivity index (χ1n) is 5.66. The minimum Gasteiger partial charge on any atom is -0.479 e. The smallest absolute Gasteiger partial charge is 0.245 e. The normalized spacial score (nSPS) is 14.8. The molecule has 0 saturated carbocycles. The fourth-order valence-electron chi connectivity index (χ4n) is 2.04. The van der Waals surface area contributed by atoms with E-state index in [1.165, 1.54) is 6.33 Å². The maximum absolute atomic E-state index is 5.98. The maximum atomic E-state index is 5.98. The molecule has 0 aliphatic heterocycles. The summed E-state index contributed by atoms with van der Waals surface area (Å²) in [6.07, 6.45) is 4.15. The highest BCUT2D eigenvalue weighted by Crippen LogP contribution is 2.24. The third kappa shape index (κ3) is 1.95. The molecule has 0 saturated heterocycles. The predicted octanol–water partition coefficient (Wildman–Crippen LogP) is 1.13. The largest absolute Gasteiger partial charge is 0.479 e. The summed E-state index contributed by atoms with van der Waals surface area (Å²) in [5.74, 6) is 0.494. The third-order valence-corrected chi connectivity index (χ3v) is 2.90. The SMILES string of the molecule is CCC([C@H](C)N)n1cnc2c(OC)ncnc21. The van der Waals surface area contributed by atoms with Gasteiger partial charge < -0.3 is 15.0 Å². The van der Waals surface area contributed by atoms with Crippen molar-refractivity contribution in [1.29, 1.82) is 0 Å². The second-order valence-corrected chi connectivity index (χ2v) is 4.04. The summed E-state index contributed by atoms with van der Waals surface area (Å²) in [7, 11) is 1.57. The number of ether oxygens (including phenoxy) is 1. The van der Waals surface area contributed by atoms with Crippen molar-refractivity contribution in [1.82, 2.24) is 19.5 Å². The average Bonchev–Trinajstić information content (AvgIpc) is 2.73. The molecule has 2 aromatic heterocycles. The molecule has 2 aromatic rings. The van der Waals surface area contributed by atoms with Crippen LogP contribution in [0.15, 0.2) is 12.7 Å². The van der Waals surface area contributed by atoms with Crippen LogP contribution in [-0.4, -0.2) is 32.7 Å². The fraction of sp³-hybridized carbons (Fsp3) is 0.545. The van der Waals surface area contributed by atoms with Gasteiger partial charge in [0.15, 0.2) is 11.2 Å². The minimum absolute atomic E-state index is 0.0401. The van der Waals surface area contributed by atoms with Crippen molar-refractivity contribution >= 4 is 11.2 Å². The maximum Gasteiger partial charge on any atom is 0.245 e. The standard InChI is InChI=1S/C11H17N5O/c1-4-8(7(2)12)16-6-15-9-10(16)13-5-14-11(9)17-3/h5-8H,4,12H2,1-3H3/t7-,8?/m0/s1. The number of nitrogens with two attached hydrogens (primary N) is 1. The number of nitrogens with zero attached hydrogens (tertiary/aromatic N) is 4. The molecule has 0 aliphatic rings. The summed E-state index contributed by atoms with van der Waals surface area (Å²) < 4.78 is 7.15. The fourth-order valence-corrected chi connectivity index (χ4v) is 2.04. The molecule has 6 heteroatoms. The van der Waals surface area contributed by atoms with E-state index in [-0.39, 0.29) is 12.1 Å². The van der Waals surface area contributed by atoms with E-state index in [0.717, 1.165) is 12.1 Å². The quantitative estimate of drug-likeness (QED) is 0.859. The summed E-state index contributed by atoms with van der Waals surface area (Å²) >= 11 is 0. The van der Waals surface area contributed by atoms with E-state index in [2.05, 4.69) is 21.9 Å². The van der Waals surface area contributed by atoms with Gasteiger partial charge in [-0.2, -0.15) is 4.98 Å². The van der Waals surface area contributed by atoms with Gasteiger partial charge in [0.05, 0.1) is 19.5 Å². The van der Waals surface area contributed by atoms with Gasteiger partial charge in [-0.25, -0.2) is 9.97 Å². The number of aromatic nitrogens is 4. The number of hydrogen-bond acceptors (Lipinski definition) is 5. The van der Waals surface area contributed by atoms with E-state index in [4.69, 9.17) is 10.5 Å². The molecule has 2 atom stereocenters. The van der Waals surface area contributed by atoms with Crippen molar-refractivity contribution in [3.63, 3.8) is 0 Å². The van der Waals surface area contributed by atoms with E-state index in [0.29, 0.717) is 11.4 Å². The number of fused-ring (bicyclic) bond motifs is 1. The molecule has 0 bridgehead atoms. The van der Waals surface area contributed by atoms with Crippen molar-refractivity contribution in [2.24, 2.45) is 5.73 Å². The first-order valence-corrected chi connectivity index (χ1v) is 5.66. The Bertz CT molecular complexity index is 508. The zero-order chi connectivity index (χ0) is 12.4. The molecule has 2 rings (SSSR count). The van der Waals surface area contributed by atoms with E-state index in [1.54, 1.807) is 13.4 Å². The second-order valence-electron chi connectivity index (χ2n) is 4.04. The van der Waals surface area contributed by atoms with Crippen molar-refractivity contribution < 1.29 is 4.74 Å². The Morgan fingerprint density at radius 3 is 2.76 bits per heavy atom. The lowest BCUT2D eigenvalue weighted by molar-refractivity contribution is 0.401. The van der Waals surface area contributed by atoms with Crippen LogP contribution in [0.5, 0.6) is 5.88 Å². The molecule has 0 spiro atoms. The number of rotatable bonds is 4. The number of methoxy groups -OCH3 is 1. The first kappa shape index (κ1) is 11.8. The minimum atomic E-state index is 0.0401. The van der Waals surface area contributed by atoms with E-state index >= 15 is 0 Å². The molecular formula is C11H17N5O. The first-order chi connectivity index (χ1) is 8.19. The second kappa shape index (κ2) is 4.67. The summed E-state index contributed by atoms with van der Waals surface area (Å²) in [6.45, 7) is 4.08. The lowest BCUT2D eigenvalue weighted by atomic mass is 10.1. The van der Waals surface area contributed by atoms with Crippen LogP contribution >= 0.6 is 0 Å². The van der Waals surface area contributed by atoms with Gasteiger partial charge in [0, 0.05) is 6.04 Å². The molecule has 17 heavy (non-hydrogen) atoms. The van der Waals surface area contributed by atoms with Crippen LogP contribution in [0.4, 0.5) is 0 Å². The Balaban J connectivity index is 2.56. The zero-order valence-electron chi connectivity index (χ0n) is 10.3. The van der Waals surface area contributed by atoms with Crippen LogP contribution in [0.2, 0.25) is 0 Å². The van der Waals surface area contributed by atoms with Crippen LogP contribution in [-0.2, 0) is 0 Å². The summed E-state index contributed by atoms with van der Waals surface area (Å²) in [5, 5.41) is 0. The molecule has 92 valence electrons. The highest BCUT2D eigenvalue weighted by molar-refractivity contribution is 5.76. The molecule has 0 radical (unpaired) electrons. The lowest BCUT2D eigenvalue weighted by Gasteiger charge is -2.20. The summed E-state index contributed by atoms with van der Waals surface area (Å²) in [4.78, 5) is 12.6. The molecule has 0 fully saturated rings. The molecule has 2 N–H and O–H groups in total. The van der Waals surface area contributed by atoms with E-state index in [9.17, 15) is 0 Å². The van der Waals surface area contributed by atoms with Gasteiger partial charge in [0.1, 0.15) is 6.33 Å². The predicted molar refractivity (Wildman–Crippen MR) is 64.9 cm³/mol. The molecule has 6 nitrogen and oxygen atoms in total. The Kier molecular flexibility index (Phi) is 3.23. The highest BCUT2D eigenvalue weighted by atomic mass is 16.5. The molecule has 0 aromatic carbocycles. The van der Waals surface area contributed by atoms with Gasteiger partial charge in [-0.3, -0.25) is 0 Å². The van der Waals surface area contributed by atoms with E-state index < -0.39 is 0 Å². The molecule has 1 unspecified atom stereocenters. The Labute approximate surface area is 99.8 Å². The molecule has 0 aliphatic carbocycles. The average molecular weight is 235 g/mol. The molecular weight excluding hydrogens is 218 g/mol. The van der Waals surface area contributed by atoms with Gasteiger partial charge in [-0.1, -0.05) is 6.92 Å². The lowest BCUT2D eigenvalue weighted by Crippen LogP contribution is -2.28. The van der Waals surface area contributed by atoms with Gasteiger partial charge >= 0.3 is 0 Å². The number of imidazole rings is 1.